The van der Waals surface area contributed by atoms with Gasteiger partial charge in [-0.1, -0.05) is 52.3 Å². The third kappa shape index (κ3) is 9.49. The molecule has 0 radical (unpaired) electrons. The molecule has 0 spiro atoms. The summed E-state index contributed by atoms with van der Waals surface area (Å²) in [5.41, 5.74) is 7.20. The molecular weight excluding hydrogens is 430 g/mol. The van der Waals surface area contributed by atoms with Crippen molar-refractivity contribution in [2.24, 2.45) is 23.0 Å². The van der Waals surface area contributed by atoms with Gasteiger partial charge in [0, 0.05) is 25.6 Å². The number of rotatable bonds is 8. The number of hydrogen-bond acceptors (Lipinski definition) is 3. The summed E-state index contributed by atoms with van der Waals surface area (Å²) in [6.07, 6.45) is 14.6. The predicted octanol–water partition coefficient (Wildman–Crippen LogP) is 2.01. The number of piperidine rings is 1. The molecule has 1 aliphatic heterocycles. The predicted molar refractivity (Wildman–Crippen MR) is 135 cm³/mol. The summed E-state index contributed by atoms with van der Waals surface area (Å²) >= 11 is 6.21. The van der Waals surface area contributed by atoms with E-state index in [0.717, 1.165) is 44.9 Å². The van der Waals surface area contributed by atoms with Gasteiger partial charge in [-0.25, -0.2) is 0 Å². The van der Waals surface area contributed by atoms with Gasteiger partial charge in [-0.05, 0) is 61.6 Å². The lowest BCUT2D eigenvalue weighted by Gasteiger charge is -2.46. The van der Waals surface area contributed by atoms with E-state index in [-0.39, 0.29) is 46.6 Å². The first kappa shape index (κ1) is 33.2. The summed E-state index contributed by atoms with van der Waals surface area (Å²) in [6, 6.07) is 0.163. The minimum Gasteiger partial charge on any atom is -0.412 e. The number of alkyl halides is 1. The van der Waals surface area contributed by atoms with Crippen molar-refractivity contribution >= 4 is 17.5 Å². The number of likely N-dealkylation sites (tertiary alicyclic amines) is 1. The molecule has 3 aliphatic rings. The van der Waals surface area contributed by atoms with Crippen molar-refractivity contribution in [3.05, 3.63) is 23.8 Å². The van der Waals surface area contributed by atoms with E-state index >= 15 is 0 Å². The fourth-order valence-corrected chi connectivity index (χ4v) is 5.58. The van der Waals surface area contributed by atoms with Gasteiger partial charge in [0.1, 0.15) is 0 Å². The molecule has 1 saturated carbocycles. The van der Waals surface area contributed by atoms with Crippen molar-refractivity contribution < 1.29 is 21.2 Å². The molecule has 2 unspecified atom stereocenters. The highest BCUT2D eigenvalue weighted by molar-refractivity contribution is 6.22. The third-order valence-corrected chi connectivity index (χ3v) is 7.21. The molecule has 1 saturated heterocycles. The van der Waals surface area contributed by atoms with Crippen molar-refractivity contribution in [3.8, 4) is 0 Å². The Hall–Kier alpha value is -0.960. The van der Waals surface area contributed by atoms with Gasteiger partial charge in [-0.2, -0.15) is 0 Å². The lowest BCUT2D eigenvalue weighted by atomic mass is 9.69. The molecule has 1 heterocycles. The van der Waals surface area contributed by atoms with Crippen LogP contribution in [0.15, 0.2) is 23.8 Å². The topological polar surface area (TPSA) is 153 Å². The summed E-state index contributed by atoms with van der Waals surface area (Å²) in [6.45, 7) is 8.80. The number of nitrogens with two attached hydrogens (primary N) is 1. The normalized spacial score (nSPS) is 25.9. The Bertz CT molecular complexity index is 606. The first-order chi connectivity index (χ1) is 13.3. The molecule has 0 aromatic carbocycles. The summed E-state index contributed by atoms with van der Waals surface area (Å²) in [5.74, 6) is 1.14. The van der Waals surface area contributed by atoms with Crippen LogP contribution in [0, 0.1) is 17.3 Å². The maximum atomic E-state index is 11.6. The highest BCUT2D eigenvalue weighted by Crippen LogP contribution is 2.41. The van der Waals surface area contributed by atoms with Gasteiger partial charge >= 0.3 is 0 Å². The van der Waals surface area contributed by atoms with Crippen molar-refractivity contribution in [1.82, 2.24) is 10.2 Å². The molecule has 3 atom stereocenters. The van der Waals surface area contributed by atoms with E-state index in [9.17, 15) is 4.79 Å². The van der Waals surface area contributed by atoms with Crippen molar-refractivity contribution in [2.45, 2.75) is 77.6 Å². The molecule has 0 aromatic heterocycles. The average Bonchev–Trinajstić information content (AvgIpc) is 3.13. The zero-order valence-corrected chi connectivity index (χ0v) is 19.9. The second-order valence-corrected chi connectivity index (χ2v) is 10.4. The van der Waals surface area contributed by atoms with Crippen LogP contribution in [-0.4, -0.2) is 64.8 Å². The second-order valence-electron chi connectivity index (χ2n) is 9.81. The largest absolute Gasteiger partial charge is 0.412 e. The quantitative estimate of drug-likeness (QED) is 0.514. The third-order valence-electron chi connectivity index (χ3n) is 6.88. The number of halogens is 1. The molecule has 7 nitrogen and oxygen atoms in total. The highest BCUT2D eigenvalue weighted by atomic mass is 35.5. The minimum absolute atomic E-state index is 0. The van der Waals surface area contributed by atoms with E-state index in [1.807, 2.05) is 0 Å². The molecular formula is C24H48ClN3O4. The van der Waals surface area contributed by atoms with Crippen molar-refractivity contribution in [3.63, 3.8) is 0 Å². The number of nitrogens with one attached hydrogen (secondary N) is 1. The lowest BCUT2D eigenvalue weighted by Crippen LogP contribution is -2.51. The van der Waals surface area contributed by atoms with E-state index in [1.54, 1.807) is 0 Å². The number of hydrogen-bond donors (Lipinski definition) is 2. The van der Waals surface area contributed by atoms with Crippen LogP contribution in [0.4, 0.5) is 0 Å². The lowest BCUT2D eigenvalue weighted by molar-refractivity contribution is -0.118. The molecule has 0 bridgehead atoms. The zero-order chi connectivity index (χ0) is 20.1. The van der Waals surface area contributed by atoms with E-state index in [0.29, 0.717) is 12.3 Å². The number of primary amides is 1. The van der Waals surface area contributed by atoms with Crippen LogP contribution in [0.3, 0.4) is 0 Å². The molecule has 1 amide bonds. The molecule has 8 heteroatoms. The van der Waals surface area contributed by atoms with Crippen LogP contribution >= 0.6 is 11.6 Å². The van der Waals surface area contributed by atoms with E-state index in [2.05, 4.69) is 42.3 Å². The van der Waals surface area contributed by atoms with Crippen LogP contribution in [0.1, 0.15) is 66.2 Å². The molecule has 3 rings (SSSR count). The standard InChI is InChI=1S/C23H38ClN3O.CH4.3H2O/c1-23(2)16-27(12-11-21(23)18-7-9-19(24)10-8-18)15-20(13-22(25)28)26-14-17-5-3-4-6-17;;;;/h7-9,17,19-21,26H,3-6,10-16H2,1-2H3,(H2,25,28);1H4;3*1H2/t19?,20-,21?;;;;/m1..../s1. The van der Waals surface area contributed by atoms with Crippen LogP contribution < -0.4 is 11.1 Å². The average molecular weight is 478 g/mol. The molecule has 190 valence electrons. The maximum absolute atomic E-state index is 11.6. The van der Waals surface area contributed by atoms with Gasteiger partial charge in [0.15, 0.2) is 0 Å². The van der Waals surface area contributed by atoms with Gasteiger partial charge in [-0.3, -0.25) is 4.79 Å². The first-order valence-electron chi connectivity index (χ1n) is 11.1. The maximum Gasteiger partial charge on any atom is 0.219 e. The monoisotopic (exact) mass is 477 g/mol. The summed E-state index contributed by atoms with van der Waals surface area (Å²) in [4.78, 5) is 14.1. The second kappa shape index (κ2) is 15.0. The highest BCUT2D eigenvalue weighted by Gasteiger charge is 2.38. The first-order valence-corrected chi connectivity index (χ1v) is 11.5. The van der Waals surface area contributed by atoms with Crippen molar-refractivity contribution in [1.29, 1.82) is 0 Å². The molecule has 0 aromatic rings. The minimum atomic E-state index is -0.203. The van der Waals surface area contributed by atoms with E-state index in [4.69, 9.17) is 17.3 Å². The van der Waals surface area contributed by atoms with E-state index < -0.39 is 0 Å². The Labute approximate surface area is 199 Å². The summed E-state index contributed by atoms with van der Waals surface area (Å²) < 4.78 is 0. The number of carbonyl (C=O) groups excluding carboxylic acids is 1. The molecule has 2 aliphatic carbocycles. The zero-order valence-electron chi connectivity index (χ0n) is 19.1. The van der Waals surface area contributed by atoms with Gasteiger partial charge in [0.05, 0.1) is 5.38 Å². The fraction of sp³-hybridized carbons (Fsp3) is 0.792. The van der Waals surface area contributed by atoms with E-state index in [1.165, 1.54) is 31.3 Å². The molecule has 9 N–H and O–H groups in total. The van der Waals surface area contributed by atoms with Crippen LogP contribution in [-0.2, 0) is 4.79 Å². The molecule has 2 fully saturated rings. The summed E-state index contributed by atoms with van der Waals surface area (Å²) in [5, 5.41) is 3.81. The Morgan fingerprint density at radius 2 is 1.91 bits per heavy atom. The Balaban J connectivity index is 0. The number of amides is 1. The Kier molecular flexibility index (Phi) is 15.6. The number of carbonyl (C=O) groups is 1. The number of allylic oxidation sites excluding steroid dienone is 4. The number of nitrogens with zero attached hydrogens (tertiary/aromatic N) is 1. The Morgan fingerprint density at radius 3 is 2.44 bits per heavy atom. The van der Waals surface area contributed by atoms with Gasteiger partial charge in [-0.15, -0.1) is 11.6 Å². The van der Waals surface area contributed by atoms with Gasteiger partial charge in [0.2, 0.25) is 5.91 Å². The van der Waals surface area contributed by atoms with Crippen LogP contribution in [0.2, 0.25) is 0 Å². The molecule has 32 heavy (non-hydrogen) atoms. The smallest absolute Gasteiger partial charge is 0.219 e. The fourth-order valence-electron chi connectivity index (χ4n) is 5.41. The summed E-state index contributed by atoms with van der Waals surface area (Å²) in [7, 11) is 0. The Morgan fingerprint density at radius 1 is 1.25 bits per heavy atom. The van der Waals surface area contributed by atoms with Crippen LogP contribution in [0.5, 0.6) is 0 Å². The van der Waals surface area contributed by atoms with Gasteiger partial charge < -0.3 is 32.4 Å². The van der Waals surface area contributed by atoms with Crippen LogP contribution in [0.25, 0.3) is 0 Å². The van der Waals surface area contributed by atoms with Gasteiger partial charge in [0.25, 0.3) is 0 Å². The van der Waals surface area contributed by atoms with Crippen molar-refractivity contribution in [2.75, 3.05) is 26.2 Å². The SMILES string of the molecule is C.CC1(C)CN(C[C@@H](CC(N)=O)NCC2CCCC2)CCC1C1=CCC(Cl)C=C1.O.O.O.